The number of hydrogen-bond donors (Lipinski definition) is 0. The molecule has 0 bridgehead atoms. The van der Waals surface area contributed by atoms with Crippen LogP contribution >= 0.6 is 15.8 Å². The molecule has 1 heterocycles. The molecular formula is C47H64O2P2. The van der Waals surface area contributed by atoms with Gasteiger partial charge in [-0.05, 0) is 94.8 Å². The Balaban J connectivity index is 1.53. The monoisotopic (exact) mass is 722 g/mol. The van der Waals surface area contributed by atoms with Crippen LogP contribution in [0.2, 0.25) is 0 Å². The van der Waals surface area contributed by atoms with Crippen molar-refractivity contribution in [1.29, 1.82) is 0 Å². The Kier molecular flexibility index (Phi) is 11.6. The number of hydrogen-bond acceptors (Lipinski definition) is 2. The molecule has 4 heteroatoms. The van der Waals surface area contributed by atoms with Crippen molar-refractivity contribution in [1.82, 2.24) is 0 Å². The van der Waals surface area contributed by atoms with E-state index < -0.39 is 21.6 Å². The molecule has 0 spiro atoms. The van der Waals surface area contributed by atoms with Crippen molar-refractivity contribution in [3.8, 4) is 0 Å². The van der Waals surface area contributed by atoms with Gasteiger partial charge in [0.2, 0.25) is 0 Å². The molecule has 2 atom stereocenters. The van der Waals surface area contributed by atoms with Gasteiger partial charge in [-0.3, -0.25) is 0 Å². The third-order valence-electron chi connectivity index (χ3n) is 10.2. The van der Waals surface area contributed by atoms with Gasteiger partial charge >= 0.3 is 0 Å². The van der Waals surface area contributed by atoms with Crippen molar-refractivity contribution in [3.63, 3.8) is 0 Å². The first-order chi connectivity index (χ1) is 23.5. The highest BCUT2D eigenvalue weighted by atomic mass is 31.1. The molecule has 0 amide bonds. The Morgan fingerprint density at radius 3 is 0.765 bits per heavy atom. The Labute approximate surface area is 313 Å². The molecule has 274 valence electrons. The van der Waals surface area contributed by atoms with Crippen molar-refractivity contribution < 1.29 is 9.47 Å². The maximum absolute atomic E-state index is 6.90. The van der Waals surface area contributed by atoms with E-state index in [4.69, 9.17) is 9.47 Å². The third kappa shape index (κ3) is 10.0. The van der Waals surface area contributed by atoms with Crippen LogP contribution in [-0.4, -0.2) is 30.3 Å². The fourth-order valence-corrected chi connectivity index (χ4v) is 11.7. The molecule has 0 radical (unpaired) electrons. The molecule has 4 aromatic rings. The highest BCUT2D eigenvalue weighted by Gasteiger charge is 2.44. The first kappa shape index (κ1) is 39.9. The number of ether oxygens (including phenoxy) is 2. The minimum Gasteiger partial charge on any atom is -0.344 e. The lowest BCUT2D eigenvalue weighted by molar-refractivity contribution is -0.142. The SMILES string of the molecule is CC1(C)O[C@@H](CP(c2ccc(C(C)(C)C)cc2)c2ccc(C(C)(C)C)cc2)[C@H](CP(c2ccc(C(C)(C)C)cc2)c2ccc(C(C)(C)C)cc2)O1. The molecule has 2 nitrogen and oxygen atoms in total. The maximum atomic E-state index is 6.90. The van der Waals surface area contributed by atoms with Crippen LogP contribution in [0.4, 0.5) is 0 Å². The smallest absolute Gasteiger partial charge is 0.163 e. The van der Waals surface area contributed by atoms with Gasteiger partial charge in [0.15, 0.2) is 5.79 Å². The molecule has 0 saturated carbocycles. The second-order valence-corrected chi connectivity index (χ2v) is 23.6. The van der Waals surface area contributed by atoms with Crippen molar-refractivity contribution in [2.45, 2.75) is 137 Å². The first-order valence-electron chi connectivity index (χ1n) is 18.8. The number of rotatable bonds is 8. The highest BCUT2D eigenvalue weighted by Crippen LogP contribution is 2.45. The van der Waals surface area contributed by atoms with Crippen molar-refractivity contribution >= 4 is 37.1 Å². The minimum atomic E-state index is -0.693. The average molecular weight is 723 g/mol. The molecular weight excluding hydrogens is 658 g/mol. The summed E-state index contributed by atoms with van der Waals surface area (Å²) in [6.07, 6.45) is 1.79. The van der Waals surface area contributed by atoms with Gasteiger partial charge < -0.3 is 9.47 Å². The molecule has 0 N–H and O–H groups in total. The largest absolute Gasteiger partial charge is 0.344 e. The molecule has 0 aliphatic carbocycles. The van der Waals surface area contributed by atoms with Crippen LogP contribution in [0.1, 0.15) is 119 Å². The maximum Gasteiger partial charge on any atom is 0.163 e. The molecule has 4 aromatic carbocycles. The molecule has 1 saturated heterocycles. The van der Waals surface area contributed by atoms with Crippen LogP contribution in [0.15, 0.2) is 97.1 Å². The van der Waals surface area contributed by atoms with Gasteiger partial charge in [0.1, 0.15) is 0 Å². The Morgan fingerprint density at radius 2 is 0.588 bits per heavy atom. The summed E-state index contributed by atoms with van der Waals surface area (Å²) in [6, 6.07) is 37.7. The van der Waals surface area contributed by atoms with E-state index in [9.17, 15) is 0 Å². The van der Waals surface area contributed by atoms with E-state index in [1.165, 1.54) is 43.5 Å². The summed E-state index contributed by atoms with van der Waals surface area (Å²) in [6.45, 7) is 31.7. The van der Waals surface area contributed by atoms with Crippen molar-refractivity contribution in [3.05, 3.63) is 119 Å². The van der Waals surface area contributed by atoms with Gasteiger partial charge in [0.25, 0.3) is 0 Å². The second kappa shape index (κ2) is 14.8. The zero-order chi connectivity index (χ0) is 37.6. The lowest BCUT2D eigenvalue weighted by Gasteiger charge is -2.29. The summed E-state index contributed by atoms with van der Waals surface area (Å²) in [5.41, 5.74) is 5.91. The molecule has 1 aliphatic rings. The lowest BCUT2D eigenvalue weighted by Crippen LogP contribution is -2.34. The van der Waals surface area contributed by atoms with Crippen LogP contribution in [0.5, 0.6) is 0 Å². The zero-order valence-corrected chi connectivity index (χ0v) is 35.8. The van der Waals surface area contributed by atoms with Gasteiger partial charge in [-0.15, -0.1) is 0 Å². The Bertz CT molecular complexity index is 1480. The lowest BCUT2D eigenvalue weighted by atomic mass is 9.87. The second-order valence-electron chi connectivity index (χ2n) is 19.1. The van der Waals surface area contributed by atoms with E-state index in [1.807, 2.05) is 0 Å². The average Bonchev–Trinajstić information content (AvgIpc) is 3.33. The fraction of sp³-hybridized carbons (Fsp3) is 0.489. The first-order valence-corrected chi connectivity index (χ1v) is 21.9. The molecule has 0 aromatic heterocycles. The molecule has 51 heavy (non-hydrogen) atoms. The van der Waals surface area contributed by atoms with Gasteiger partial charge in [-0.1, -0.05) is 180 Å². The van der Waals surface area contributed by atoms with Crippen molar-refractivity contribution in [2.24, 2.45) is 0 Å². The van der Waals surface area contributed by atoms with Crippen LogP contribution in [0.3, 0.4) is 0 Å². The predicted octanol–water partition coefficient (Wildman–Crippen LogP) is 11.0. The normalized spacial score (nSPS) is 18.5. The minimum absolute atomic E-state index is 0.0246. The van der Waals surface area contributed by atoms with E-state index in [1.54, 1.807) is 0 Å². The number of benzene rings is 4. The van der Waals surface area contributed by atoms with Crippen LogP contribution in [-0.2, 0) is 31.1 Å². The van der Waals surface area contributed by atoms with E-state index in [0.29, 0.717) is 0 Å². The predicted molar refractivity (Wildman–Crippen MR) is 227 cm³/mol. The quantitative estimate of drug-likeness (QED) is 0.169. The third-order valence-corrected chi connectivity index (χ3v) is 15.3. The summed E-state index contributed by atoms with van der Waals surface area (Å²) in [7, 11) is -1.39. The Hall–Kier alpha value is -2.34. The van der Waals surface area contributed by atoms with Crippen LogP contribution in [0, 0.1) is 0 Å². The molecule has 1 fully saturated rings. The summed E-state index contributed by atoms with van der Waals surface area (Å²) >= 11 is 0. The zero-order valence-electron chi connectivity index (χ0n) is 34.0. The highest BCUT2D eigenvalue weighted by molar-refractivity contribution is 7.73. The van der Waals surface area contributed by atoms with E-state index in [-0.39, 0.29) is 33.9 Å². The topological polar surface area (TPSA) is 18.5 Å². The van der Waals surface area contributed by atoms with E-state index >= 15 is 0 Å². The standard InChI is InChI=1S/C47H64O2P2/c1-43(2,3)33-15-23-37(24-16-33)50(38-25-17-34(18-26-38)44(4,5)6)31-41-42(49-47(13,14)48-41)32-51(39-27-19-35(20-28-39)45(7,8)9)40-29-21-36(22-30-40)46(10,11)12/h15-30,41-42H,31-32H2,1-14H3/t41-,42-/m0/s1. The summed E-state index contributed by atoms with van der Waals surface area (Å²) < 4.78 is 13.8. The molecule has 0 unspecified atom stereocenters. The summed E-state index contributed by atoms with van der Waals surface area (Å²) in [4.78, 5) is 0. The summed E-state index contributed by atoms with van der Waals surface area (Å²) in [5, 5.41) is 5.58. The fourth-order valence-electron chi connectivity index (χ4n) is 6.86. The van der Waals surface area contributed by atoms with Gasteiger partial charge in [-0.2, -0.15) is 0 Å². The van der Waals surface area contributed by atoms with Crippen molar-refractivity contribution in [2.75, 3.05) is 12.3 Å². The van der Waals surface area contributed by atoms with Crippen LogP contribution < -0.4 is 21.2 Å². The summed E-state index contributed by atoms with van der Waals surface area (Å²) in [5.74, 6) is -0.643. The van der Waals surface area contributed by atoms with Crippen LogP contribution in [0.25, 0.3) is 0 Å². The van der Waals surface area contributed by atoms with E-state index in [2.05, 4.69) is 194 Å². The Morgan fingerprint density at radius 1 is 0.392 bits per heavy atom. The van der Waals surface area contributed by atoms with Gasteiger partial charge in [-0.25, -0.2) is 0 Å². The molecule has 1 aliphatic heterocycles. The van der Waals surface area contributed by atoms with Gasteiger partial charge in [0, 0.05) is 12.3 Å². The molecule has 5 rings (SSSR count). The van der Waals surface area contributed by atoms with Gasteiger partial charge in [0.05, 0.1) is 12.2 Å². The van der Waals surface area contributed by atoms with E-state index in [0.717, 1.165) is 12.3 Å².